The molecule has 0 N–H and O–H groups in total. The molecule has 0 fully saturated rings. The van der Waals surface area contributed by atoms with Gasteiger partial charge in [0.25, 0.3) is 0 Å². The van der Waals surface area contributed by atoms with Gasteiger partial charge in [-0.25, -0.2) is 8.42 Å². The van der Waals surface area contributed by atoms with Crippen LogP contribution in [0.2, 0.25) is 0 Å². The standard InChI is InChI=1S/C8H11Cl3N2O2S2/c1-4-17(14,15)13(8(2,3)5-12)16-7(11)6(9)10/h4H2,1-3H3. The molecule has 98 valence electrons. The molecule has 0 atom stereocenters. The maximum Gasteiger partial charge on any atom is 0.224 e. The molecule has 0 aliphatic rings. The molecule has 0 bridgehead atoms. The second kappa shape index (κ2) is 6.50. The Morgan fingerprint density at radius 3 is 2.18 bits per heavy atom. The van der Waals surface area contributed by atoms with E-state index in [1.807, 2.05) is 6.07 Å². The summed E-state index contributed by atoms with van der Waals surface area (Å²) in [6.07, 6.45) is 0. The maximum atomic E-state index is 11.8. The second-order valence-corrected chi connectivity index (χ2v) is 8.27. The molecule has 0 saturated heterocycles. The predicted octanol–water partition coefficient (Wildman–Crippen LogP) is 3.43. The summed E-state index contributed by atoms with van der Waals surface area (Å²) in [6.45, 7) is 4.38. The fourth-order valence-electron chi connectivity index (χ4n) is 0.784. The summed E-state index contributed by atoms with van der Waals surface area (Å²) >= 11 is 17.2. The van der Waals surface area contributed by atoms with Crippen molar-refractivity contribution in [2.75, 3.05) is 5.75 Å². The molecule has 4 nitrogen and oxygen atoms in total. The number of halogens is 3. The van der Waals surface area contributed by atoms with Crippen LogP contribution >= 0.6 is 46.8 Å². The van der Waals surface area contributed by atoms with Crippen molar-refractivity contribution in [3.63, 3.8) is 0 Å². The van der Waals surface area contributed by atoms with Crippen molar-refractivity contribution in [3.8, 4) is 6.07 Å². The number of hydrogen-bond acceptors (Lipinski definition) is 4. The van der Waals surface area contributed by atoms with Gasteiger partial charge in [0.1, 0.15) is 14.4 Å². The van der Waals surface area contributed by atoms with E-state index in [2.05, 4.69) is 0 Å². The largest absolute Gasteiger partial charge is 0.224 e. The zero-order valence-corrected chi connectivity index (χ0v) is 13.3. The van der Waals surface area contributed by atoms with Gasteiger partial charge in [0, 0.05) is 0 Å². The van der Waals surface area contributed by atoms with Crippen molar-refractivity contribution in [1.82, 2.24) is 3.71 Å². The topological polar surface area (TPSA) is 61.2 Å². The summed E-state index contributed by atoms with van der Waals surface area (Å²) in [5.41, 5.74) is -1.26. The molecule has 0 aromatic heterocycles. The van der Waals surface area contributed by atoms with E-state index >= 15 is 0 Å². The lowest BCUT2D eigenvalue weighted by molar-refractivity contribution is 0.432. The maximum absolute atomic E-state index is 11.8. The van der Waals surface area contributed by atoms with Crippen molar-refractivity contribution in [2.24, 2.45) is 0 Å². The zero-order chi connectivity index (χ0) is 13.9. The quantitative estimate of drug-likeness (QED) is 0.721. The molecular weight excluding hydrogens is 327 g/mol. The molecule has 0 aliphatic heterocycles. The first-order valence-corrected chi connectivity index (χ1v) is 7.93. The third kappa shape index (κ3) is 4.86. The summed E-state index contributed by atoms with van der Waals surface area (Å²) in [5, 5.41) is 8.98. The molecule has 0 spiro atoms. The Labute approximate surface area is 121 Å². The van der Waals surface area contributed by atoms with Gasteiger partial charge in [-0.3, -0.25) is 0 Å². The SMILES string of the molecule is CCS(=O)(=O)N(SC(Cl)=C(Cl)Cl)C(C)(C)C#N. The molecule has 0 heterocycles. The van der Waals surface area contributed by atoms with E-state index in [4.69, 9.17) is 40.1 Å². The molecule has 9 heteroatoms. The molecule has 0 saturated carbocycles. The Hall–Kier alpha value is 0.360. The molecule has 0 radical (unpaired) electrons. The van der Waals surface area contributed by atoms with Crippen molar-refractivity contribution < 1.29 is 8.42 Å². The van der Waals surface area contributed by atoms with Gasteiger partial charge >= 0.3 is 0 Å². The highest BCUT2D eigenvalue weighted by molar-refractivity contribution is 8.11. The summed E-state index contributed by atoms with van der Waals surface area (Å²) in [4.78, 5) is 0. The minimum atomic E-state index is -3.62. The number of rotatable bonds is 5. The molecule has 0 aromatic rings. The van der Waals surface area contributed by atoms with Gasteiger partial charge in [0.2, 0.25) is 10.0 Å². The molecule has 0 aromatic carbocycles. The van der Waals surface area contributed by atoms with Crippen LogP contribution in [0.5, 0.6) is 0 Å². The summed E-state index contributed by atoms with van der Waals surface area (Å²) in [7, 11) is -3.62. The molecule has 0 rings (SSSR count). The molecule has 0 aliphatic carbocycles. The van der Waals surface area contributed by atoms with Gasteiger partial charge in [-0.15, -0.1) is 3.71 Å². The van der Waals surface area contributed by atoms with Crippen LogP contribution in [0.25, 0.3) is 0 Å². The van der Waals surface area contributed by atoms with E-state index in [-0.39, 0.29) is 14.6 Å². The third-order valence-corrected chi connectivity index (χ3v) is 6.43. The highest BCUT2D eigenvalue weighted by atomic mass is 35.5. The van der Waals surface area contributed by atoms with Gasteiger partial charge in [-0.1, -0.05) is 34.8 Å². The van der Waals surface area contributed by atoms with Crippen LogP contribution < -0.4 is 0 Å². The van der Waals surface area contributed by atoms with E-state index in [9.17, 15) is 8.42 Å². The zero-order valence-electron chi connectivity index (χ0n) is 9.37. The Kier molecular flexibility index (Phi) is 6.64. The van der Waals surface area contributed by atoms with Gasteiger partial charge in [0.05, 0.1) is 11.8 Å². The normalized spacial score (nSPS) is 12.4. The van der Waals surface area contributed by atoms with Crippen molar-refractivity contribution in [3.05, 3.63) is 8.86 Å². The minimum Gasteiger partial charge on any atom is -0.211 e. The van der Waals surface area contributed by atoms with Crippen molar-refractivity contribution >= 4 is 56.8 Å². The Balaban J connectivity index is 5.48. The predicted molar refractivity (Wildman–Crippen MR) is 73.2 cm³/mol. The highest BCUT2D eigenvalue weighted by Crippen LogP contribution is 2.37. The van der Waals surface area contributed by atoms with Crippen LogP contribution in [0.4, 0.5) is 0 Å². The smallest absolute Gasteiger partial charge is 0.211 e. The third-order valence-electron chi connectivity index (χ3n) is 1.66. The summed E-state index contributed by atoms with van der Waals surface area (Å²) in [5.74, 6) is -0.158. The highest BCUT2D eigenvalue weighted by Gasteiger charge is 2.37. The molecule has 0 unspecified atom stereocenters. The lowest BCUT2D eigenvalue weighted by Crippen LogP contribution is -2.42. The fourth-order valence-corrected chi connectivity index (χ4v) is 3.77. The average Bonchev–Trinajstić information content (AvgIpc) is 2.24. The number of nitriles is 1. The van der Waals surface area contributed by atoms with Crippen molar-refractivity contribution in [2.45, 2.75) is 26.3 Å². The van der Waals surface area contributed by atoms with Crippen LogP contribution in [0.1, 0.15) is 20.8 Å². The van der Waals surface area contributed by atoms with Crippen LogP contribution in [0.3, 0.4) is 0 Å². The van der Waals surface area contributed by atoms with Crippen LogP contribution in [0, 0.1) is 11.3 Å². The Morgan fingerprint density at radius 2 is 1.88 bits per heavy atom. The van der Waals surface area contributed by atoms with Gasteiger partial charge in [0.15, 0.2) is 0 Å². The first kappa shape index (κ1) is 17.4. The minimum absolute atomic E-state index is 0.103. The monoisotopic (exact) mass is 336 g/mol. The fraction of sp³-hybridized carbons (Fsp3) is 0.625. The second-order valence-electron chi connectivity index (χ2n) is 3.42. The van der Waals surface area contributed by atoms with E-state index in [0.29, 0.717) is 11.9 Å². The van der Waals surface area contributed by atoms with E-state index in [1.54, 1.807) is 0 Å². The van der Waals surface area contributed by atoms with Crippen LogP contribution in [-0.2, 0) is 10.0 Å². The Bertz CT molecular complexity index is 450. The van der Waals surface area contributed by atoms with E-state index in [0.717, 1.165) is 3.71 Å². The van der Waals surface area contributed by atoms with E-state index in [1.165, 1.54) is 20.8 Å². The number of hydrogen-bond donors (Lipinski definition) is 0. The van der Waals surface area contributed by atoms with Gasteiger partial charge in [-0.05, 0) is 32.7 Å². The van der Waals surface area contributed by atoms with Crippen LogP contribution in [0.15, 0.2) is 8.86 Å². The van der Waals surface area contributed by atoms with Crippen LogP contribution in [-0.4, -0.2) is 23.4 Å². The Morgan fingerprint density at radius 1 is 1.41 bits per heavy atom. The lowest BCUT2D eigenvalue weighted by Gasteiger charge is -2.29. The first-order valence-electron chi connectivity index (χ1n) is 4.41. The molecule has 0 amide bonds. The average molecular weight is 338 g/mol. The lowest BCUT2D eigenvalue weighted by atomic mass is 10.1. The number of sulfonamides is 1. The van der Waals surface area contributed by atoms with E-state index < -0.39 is 15.6 Å². The summed E-state index contributed by atoms with van der Waals surface area (Å²) in [6, 6.07) is 1.88. The van der Waals surface area contributed by atoms with Gasteiger partial charge in [-0.2, -0.15) is 5.26 Å². The van der Waals surface area contributed by atoms with Crippen molar-refractivity contribution in [1.29, 1.82) is 5.26 Å². The molecule has 17 heavy (non-hydrogen) atoms. The molecular formula is C8H11Cl3N2O2S2. The van der Waals surface area contributed by atoms with Gasteiger partial charge < -0.3 is 0 Å². The summed E-state index contributed by atoms with van der Waals surface area (Å²) < 4.78 is 24.2. The number of nitrogens with zero attached hydrogens (tertiary/aromatic N) is 2. The first-order chi connectivity index (χ1) is 7.58.